The van der Waals surface area contributed by atoms with Gasteiger partial charge in [-0.05, 0) is 42.9 Å². The van der Waals surface area contributed by atoms with Crippen molar-refractivity contribution in [1.82, 2.24) is 10.2 Å². The number of carbonyl (C=O) groups excluding carboxylic acids is 1. The lowest BCUT2D eigenvalue weighted by atomic mass is 9.99. The Bertz CT molecular complexity index is 479. The fraction of sp³-hybridized carbons (Fsp3) is 0.533. The zero-order valence-corrected chi connectivity index (χ0v) is 12.5. The van der Waals surface area contributed by atoms with E-state index in [9.17, 15) is 9.90 Å². The van der Waals surface area contributed by atoms with E-state index < -0.39 is 0 Å². The summed E-state index contributed by atoms with van der Waals surface area (Å²) >= 11 is 5.98. The van der Waals surface area contributed by atoms with Crippen molar-refractivity contribution < 1.29 is 9.90 Å². The minimum atomic E-state index is -0.0595. The quantitative estimate of drug-likeness (QED) is 0.901. The van der Waals surface area contributed by atoms with Crippen LogP contribution in [0.4, 0.5) is 4.79 Å². The summed E-state index contributed by atoms with van der Waals surface area (Å²) in [4.78, 5) is 13.9. The van der Waals surface area contributed by atoms with Gasteiger partial charge in [-0.15, -0.1) is 0 Å². The molecule has 2 amide bonds. The second-order valence-electron chi connectivity index (χ2n) is 5.38. The molecule has 4 nitrogen and oxygen atoms in total. The normalized spacial score (nSPS) is 18.9. The highest BCUT2D eigenvalue weighted by atomic mass is 35.5. The summed E-state index contributed by atoms with van der Waals surface area (Å²) in [7, 11) is 0. The van der Waals surface area contributed by atoms with Gasteiger partial charge in [0.05, 0.1) is 0 Å². The second-order valence-corrected chi connectivity index (χ2v) is 5.79. The molecule has 0 saturated carbocycles. The summed E-state index contributed by atoms with van der Waals surface area (Å²) in [6.45, 7) is 4.01. The van der Waals surface area contributed by atoms with Crippen LogP contribution < -0.4 is 5.32 Å². The summed E-state index contributed by atoms with van der Waals surface area (Å²) < 4.78 is 0. The van der Waals surface area contributed by atoms with Gasteiger partial charge in [0.1, 0.15) is 0 Å². The van der Waals surface area contributed by atoms with Gasteiger partial charge >= 0.3 is 6.03 Å². The van der Waals surface area contributed by atoms with Crippen LogP contribution in [0.1, 0.15) is 24.0 Å². The highest BCUT2D eigenvalue weighted by Crippen LogP contribution is 2.17. The summed E-state index contributed by atoms with van der Waals surface area (Å²) in [5.41, 5.74) is 2.05. The van der Waals surface area contributed by atoms with Gasteiger partial charge in [-0.1, -0.05) is 23.7 Å². The molecule has 0 bridgehead atoms. The smallest absolute Gasteiger partial charge is 0.317 e. The Labute approximate surface area is 124 Å². The third-order valence-corrected chi connectivity index (χ3v) is 4.15. The lowest BCUT2D eigenvalue weighted by Crippen LogP contribution is -2.45. The number of hydrogen-bond acceptors (Lipinski definition) is 2. The zero-order valence-electron chi connectivity index (χ0n) is 11.7. The maximum atomic E-state index is 12.1. The van der Waals surface area contributed by atoms with Crippen LogP contribution in [0.25, 0.3) is 0 Å². The molecule has 1 atom stereocenters. The monoisotopic (exact) mass is 296 g/mol. The number of likely N-dealkylation sites (tertiary alicyclic amines) is 1. The Morgan fingerprint density at radius 2 is 2.35 bits per heavy atom. The molecule has 0 aromatic heterocycles. The fourth-order valence-electron chi connectivity index (χ4n) is 2.50. The van der Waals surface area contributed by atoms with Gasteiger partial charge in [0, 0.05) is 31.3 Å². The lowest BCUT2D eigenvalue weighted by Gasteiger charge is -2.31. The van der Waals surface area contributed by atoms with Crippen LogP contribution in [0.2, 0.25) is 5.02 Å². The van der Waals surface area contributed by atoms with Gasteiger partial charge in [-0.2, -0.15) is 0 Å². The number of amides is 2. The zero-order chi connectivity index (χ0) is 14.5. The van der Waals surface area contributed by atoms with E-state index in [1.54, 1.807) is 4.90 Å². The molecule has 1 fully saturated rings. The van der Waals surface area contributed by atoms with E-state index in [0.717, 1.165) is 35.5 Å². The van der Waals surface area contributed by atoms with Crippen molar-refractivity contribution in [2.75, 3.05) is 19.7 Å². The van der Waals surface area contributed by atoms with Crippen LogP contribution in [-0.2, 0) is 6.54 Å². The molecule has 2 rings (SSSR count). The number of rotatable bonds is 3. The molecule has 0 radical (unpaired) electrons. The number of benzene rings is 1. The molecule has 0 spiro atoms. The molecule has 1 aromatic carbocycles. The van der Waals surface area contributed by atoms with Gasteiger partial charge in [-0.3, -0.25) is 0 Å². The van der Waals surface area contributed by atoms with Crippen LogP contribution in [0, 0.1) is 12.8 Å². The number of urea groups is 1. The molecular weight excluding hydrogens is 276 g/mol. The third-order valence-electron chi connectivity index (χ3n) is 3.73. The maximum Gasteiger partial charge on any atom is 0.317 e. The van der Waals surface area contributed by atoms with E-state index in [4.69, 9.17) is 11.6 Å². The molecule has 110 valence electrons. The minimum Gasteiger partial charge on any atom is -0.396 e. The van der Waals surface area contributed by atoms with Crippen molar-refractivity contribution >= 4 is 17.6 Å². The van der Waals surface area contributed by atoms with Crippen LogP contribution in [0.5, 0.6) is 0 Å². The largest absolute Gasteiger partial charge is 0.396 e. The first kappa shape index (κ1) is 15.1. The van der Waals surface area contributed by atoms with Gasteiger partial charge in [-0.25, -0.2) is 4.79 Å². The van der Waals surface area contributed by atoms with Crippen LogP contribution in [0.15, 0.2) is 18.2 Å². The van der Waals surface area contributed by atoms with E-state index in [0.29, 0.717) is 13.1 Å². The van der Waals surface area contributed by atoms with Crippen LogP contribution in [0.3, 0.4) is 0 Å². The van der Waals surface area contributed by atoms with Crippen molar-refractivity contribution in [3.63, 3.8) is 0 Å². The van der Waals surface area contributed by atoms with Crippen molar-refractivity contribution in [3.8, 4) is 0 Å². The first-order chi connectivity index (χ1) is 9.60. The molecule has 20 heavy (non-hydrogen) atoms. The van der Waals surface area contributed by atoms with Crippen molar-refractivity contribution in [2.24, 2.45) is 5.92 Å². The first-order valence-electron chi connectivity index (χ1n) is 6.99. The van der Waals surface area contributed by atoms with Gasteiger partial charge < -0.3 is 15.3 Å². The van der Waals surface area contributed by atoms with Crippen LogP contribution in [-0.4, -0.2) is 35.7 Å². The number of aliphatic hydroxyl groups excluding tert-OH is 1. The molecule has 0 aliphatic carbocycles. The van der Waals surface area contributed by atoms with Crippen molar-refractivity contribution in [1.29, 1.82) is 0 Å². The highest BCUT2D eigenvalue weighted by Gasteiger charge is 2.22. The van der Waals surface area contributed by atoms with E-state index >= 15 is 0 Å². The van der Waals surface area contributed by atoms with E-state index in [-0.39, 0.29) is 18.6 Å². The number of halogens is 1. The van der Waals surface area contributed by atoms with E-state index in [1.807, 2.05) is 25.1 Å². The van der Waals surface area contributed by atoms with Gasteiger partial charge in [0.15, 0.2) is 0 Å². The summed E-state index contributed by atoms with van der Waals surface area (Å²) in [6.07, 6.45) is 1.95. The predicted molar refractivity (Wildman–Crippen MR) is 79.8 cm³/mol. The summed E-state index contributed by atoms with van der Waals surface area (Å²) in [5.74, 6) is 0.215. The first-order valence-corrected chi connectivity index (χ1v) is 7.36. The van der Waals surface area contributed by atoms with Gasteiger partial charge in [0.2, 0.25) is 0 Å². The Morgan fingerprint density at radius 1 is 1.55 bits per heavy atom. The Balaban J connectivity index is 1.86. The topological polar surface area (TPSA) is 52.6 Å². The number of aryl methyl sites for hydroxylation is 1. The Hall–Kier alpha value is -1.26. The molecule has 1 aliphatic heterocycles. The number of hydrogen-bond donors (Lipinski definition) is 2. The number of nitrogens with one attached hydrogen (secondary N) is 1. The second kappa shape index (κ2) is 6.95. The lowest BCUT2D eigenvalue weighted by molar-refractivity contribution is 0.129. The van der Waals surface area contributed by atoms with Gasteiger partial charge in [0.25, 0.3) is 0 Å². The molecule has 1 heterocycles. The molecule has 1 aromatic rings. The maximum absolute atomic E-state index is 12.1. The number of aliphatic hydroxyl groups is 1. The molecule has 1 saturated heterocycles. The average molecular weight is 297 g/mol. The average Bonchev–Trinajstić information content (AvgIpc) is 2.48. The summed E-state index contributed by atoms with van der Waals surface area (Å²) in [5, 5.41) is 12.8. The summed E-state index contributed by atoms with van der Waals surface area (Å²) in [6, 6.07) is 5.69. The molecular formula is C15H21ClN2O2. The highest BCUT2D eigenvalue weighted by molar-refractivity contribution is 6.31. The third kappa shape index (κ3) is 3.87. The van der Waals surface area contributed by atoms with Crippen molar-refractivity contribution in [3.05, 3.63) is 34.3 Å². The molecule has 0 unspecified atom stereocenters. The Kier molecular flexibility index (Phi) is 5.26. The van der Waals surface area contributed by atoms with E-state index in [2.05, 4.69) is 5.32 Å². The predicted octanol–water partition coefficient (Wildman–Crippen LogP) is 2.56. The minimum absolute atomic E-state index is 0.0595. The number of carbonyl (C=O) groups is 1. The SMILES string of the molecule is Cc1cc(CNC(=O)N2CCC[C@@H](CO)C2)ccc1Cl. The van der Waals surface area contributed by atoms with Crippen molar-refractivity contribution in [2.45, 2.75) is 26.3 Å². The number of piperidine rings is 1. The molecule has 5 heteroatoms. The fourth-order valence-corrected chi connectivity index (χ4v) is 2.62. The standard InChI is InChI=1S/C15H21ClN2O2/c1-11-7-12(4-5-14(11)16)8-17-15(20)18-6-2-3-13(9-18)10-19/h4-5,7,13,19H,2-3,6,8-10H2,1H3,(H,17,20)/t13-/m1/s1. The van der Waals surface area contributed by atoms with E-state index in [1.165, 1.54) is 0 Å². The molecule has 2 N–H and O–H groups in total. The number of nitrogens with zero attached hydrogens (tertiary/aromatic N) is 1. The van der Waals surface area contributed by atoms with Crippen LogP contribution >= 0.6 is 11.6 Å². The Morgan fingerprint density at radius 3 is 3.05 bits per heavy atom. The molecule has 1 aliphatic rings.